The van der Waals surface area contributed by atoms with Crippen LogP contribution in [0.3, 0.4) is 0 Å². The standard InChI is InChI=1S/C11H15F2NO2/c1-15-11(16-2)7-14-6-8-3-4-9(12)5-10(8)13/h3-5,11,14H,6-7H2,1-2H3. The van der Waals surface area contributed by atoms with Crippen LogP contribution in [0.5, 0.6) is 0 Å². The lowest BCUT2D eigenvalue weighted by Crippen LogP contribution is -2.29. The van der Waals surface area contributed by atoms with E-state index in [0.29, 0.717) is 18.7 Å². The molecule has 0 saturated heterocycles. The van der Waals surface area contributed by atoms with Gasteiger partial charge in [0.05, 0.1) is 0 Å². The molecular weight excluding hydrogens is 216 g/mol. The number of halogens is 2. The van der Waals surface area contributed by atoms with Crippen molar-refractivity contribution in [2.45, 2.75) is 12.8 Å². The summed E-state index contributed by atoms with van der Waals surface area (Å²) in [5, 5.41) is 2.95. The molecular formula is C11H15F2NO2. The normalized spacial score (nSPS) is 11.1. The molecule has 0 saturated carbocycles. The van der Waals surface area contributed by atoms with Gasteiger partial charge in [0.2, 0.25) is 0 Å². The summed E-state index contributed by atoms with van der Waals surface area (Å²) in [7, 11) is 3.04. The first-order chi connectivity index (χ1) is 7.67. The van der Waals surface area contributed by atoms with E-state index in [2.05, 4.69) is 5.32 Å². The first-order valence-electron chi connectivity index (χ1n) is 4.87. The van der Waals surface area contributed by atoms with Crippen LogP contribution in [-0.2, 0) is 16.0 Å². The molecule has 0 amide bonds. The maximum absolute atomic E-state index is 13.2. The summed E-state index contributed by atoms with van der Waals surface area (Å²) in [5.74, 6) is -1.13. The highest BCUT2D eigenvalue weighted by Crippen LogP contribution is 2.08. The van der Waals surface area contributed by atoms with Crippen LogP contribution in [-0.4, -0.2) is 27.1 Å². The summed E-state index contributed by atoms with van der Waals surface area (Å²) in [6, 6.07) is 3.50. The monoisotopic (exact) mass is 231 g/mol. The zero-order valence-corrected chi connectivity index (χ0v) is 9.30. The predicted molar refractivity (Wildman–Crippen MR) is 55.9 cm³/mol. The third-order valence-electron chi connectivity index (χ3n) is 2.17. The van der Waals surface area contributed by atoms with Gasteiger partial charge in [0.25, 0.3) is 0 Å². The Balaban J connectivity index is 2.42. The quantitative estimate of drug-likeness (QED) is 0.755. The van der Waals surface area contributed by atoms with Crippen LogP contribution in [0.25, 0.3) is 0 Å². The average molecular weight is 231 g/mol. The highest BCUT2D eigenvalue weighted by atomic mass is 19.1. The van der Waals surface area contributed by atoms with Gasteiger partial charge in [-0.05, 0) is 6.07 Å². The molecule has 0 unspecified atom stereocenters. The molecule has 0 radical (unpaired) electrons. The van der Waals surface area contributed by atoms with Gasteiger partial charge in [0, 0.05) is 38.9 Å². The van der Waals surface area contributed by atoms with E-state index in [1.807, 2.05) is 0 Å². The second kappa shape index (κ2) is 6.52. The van der Waals surface area contributed by atoms with Crippen LogP contribution in [0.2, 0.25) is 0 Å². The van der Waals surface area contributed by atoms with Gasteiger partial charge in [-0.25, -0.2) is 8.78 Å². The predicted octanol–water partition coefficient (Wildman–Crippen LogP) is 1.67. The molecule has 0 spiro atoms. The van der Waals surface area contributed by atoms with Crippen molar-refractivity contribution in [2.24, 2.45) is 0 Å². The van der Waals surface area contributed by atoms with Gasteiger partial charge in [0.15, 0.2) is 6.29 Å². The summed E-state index contributed by atoms with van der Waals surface area (Å²) < 4.78 is 35.7. The van der Waals surface area contributed by atoms with E-state index in [9.17, 15) is 8.78 Å². The van der Waals surface area contributed by atoms with E-state index >= 15 is 0 Å². The SMILES string of the molecule is COC(CNCc1ccc(F)cc1F)OC. The minimum Gasteiger partial charge on any atom is -0.355 e. The molecule has 0 aliphatic carbocycles. The molecule has 3 nitrogen and oxygen atoms in total. The van der Waals surface area contributed by atoms with Crippen molar-refractivity contribution in [1.29, 1.82) is 0 Å². The lowest BCUT2D eigenvalue weighted by atomic mass is 10.2. The number of nitrogens with one attached hydrogen (secondary N) is 1. The number of methoxy groups -OCH3 is 2. The average Bonchev–Trinajstić information content (AvgIpc) is 2.27. The van der Waals surface area contributed by atoms with E-state index in [1.54, 1.807) is 0 Å². The summed E-state index contributed by atoms with van der Waals surface area (Å²) >= 11 is 0. The number of rotatable bonds is 6. The fourth-order valence-corrected chi connectivity index (χ4v) is 1.25. The van der Waals surface area contributed by atoms with E-state index in [4.69, 9.17) is 9.47 Å². The third kappa shape index (κ3) is 3.84. The highest BCUT2D eigenvalue weighted by molar-refractivity contribution is 5.18. The zero-order valence-electron chi connectivity index (χ0n) is 9.30. The van der Waals surface area contributed by atoms with Gasteiger partial charge >= 0.3 is 0 Å². The number of ether oxygens (including phenoxy) is 2. The Morgan fingerprint density at radius 3 is 2.50 bits per heavy atom. The van der Waals surface area contributed by atoms with Crippen LogP contribution in [0.1, 0.15) is 5.56 Å². The van der Waals surface area contributed by atoms with Gasteiger partial charge in [0.1, 0.15) is 11.6 Å². The van der Waals surface area contributed by atoms with Crippen molar-refractivity contribution in [3.63, 3.8) is 0 Å². The first kappa shape index (κ1) is 13.0. The van der Waals surface area contributed by atoms with Crippen LogP contribution in [0.15, 0.2) is 18.2 Å². The number of hydrogen-bond donors (Lipinski definition) is 1. The maximum atomic E-state index is 13.2. The molecule has 0 heterocycles. The fourth-order valence-electron chi connectivity index (χ4n) is 1.25. The van der Waals surface area contributed by atoms with Crippen LogP contribution in [0, 0.1) is 11.6 Å². The summed E-state index contributed by atoms with van der Waals surface area (Å²) in [4.78, 5) is 0. The van der Waals surface area contributed by atoms with E-state index in [1.165, 1.54) is 26.4 Å². The third-order valence-corrected chi connectivity index (χ3v) is 2.17. The lowest BCUT2D eigenvalue weighted by Gasteiger charge is -2.14. The second-order valence-electron chi connectivity index (χ2n) is 3.27. The molecule has 16 heavy (non-hydrogen) atoms. The van der Waals surface area contributed by atoms with Crippen molar-refractivity contribution in [2.75, 3.05) is 20.8 Å². The molecule has 1 N–H and O–H groups in total. The Bertz CT molecular complexity index is 330. The van der Waals surface area contributed by atoms with E-state index in [0.717, 1.165) is 6.07 Å². The summed E-state index contributed by atoms with van der Waals surface area (Å²) in [6.07, 6.45) is -0.372. The highest BCUT2D eigenvalue weighted by Gasteiger charge is 2.06. The molecule has 5 heteroatoms. The summed E-state index contributed by atoms with van der Waals surface area (Å²) in [6.45, 7) is 0.735. The van der Waals surface area contributed by atoms with E-state index in [-0.39, 0.29) is 6.29 Å². The second-order valence-corrected chi connectivity index (χ2v) is 3.27. The largest absolute Gasteiger partial charge is 0.355 e. The van der Waals surface area contributed by atoms with E-state index < -0.39 is 11.6 Å². The number of hydrogen-bond acceptors (Lipinski definition) is 3. The Kier molecular flexibility index (Phi) is 5.31. The minimum atomic E-state index is -0.576. The Hall–Kier alpha value is -1.04. The molecule has 0 atom stereocenters. The molecule has 1 aromatic carbocycles. The molecule has 0 fully saturated rings. The van der Waals surface area contributed by atoms with Gasteiger partial charge in [-0.1, -0.05) is 6.07 Å². The molecule has 0 aliphatic rings. The van der Waals surface area contributed by atoms with Crippen LogP contribution in [0.4, 0.5) is 8.78 Å². The van der Waals surface area contributed by atoms with Crippen molar-refractivity contribution in [3.8, 4) is 0 Å². The zero-order chi connectivity index (χ0) is 12.0. The van der Waals surface area contributed by atoms with Crippen LogP contribution >= 0.6 is 0 Å². The van der Waals surface area contributed by atoms with Gasteiger partial charge in [-0.2, -0.15) is 0 Å². The Morgan fingerprint density at radius 1 is 1.25 bits per heavy atom. The first-order valence-corrected chi connectivity index (χ1v) is 4.87. The molecule has 0 aromatic heterocycles. The Morgan fingerprint density at radius 2 is 1.94 bits per heavy atom. The minimum absolute atomic E-state index is 0.301. The van der Waals surface area contributed by atoms with Crippen molar-refractivity contribution >= 4 is 0 Å². The van der Waals surface area contributed by atoms with Crippen LogP contribution < -0.4 is 5.32 Å². The fraction of sp³-hybridized carbons (Fsp3) is 0.455. The molecule has 1 rings (SSSR count). The molecule has 0 aliphatic heterocycles. The number of benzene rings is 1. The topological polar surface area (TPSA) is 30.5 Å². The lowest BCUT2D eigenvalue weighted by molar-refractivity contribution is -0.0989. The van der Waals surface area contributed by atoms with Crippen molar-refractivity contribution < 1.29 is 18.3 Å². The smallest absolute Gasteiger partial charge is 0.169 e. The summed E-state index contributed by atoms with van der Waals surface area (Å²) in [5.41, 5.74) is 0.410. The van der Waals surface area contributed by atoms with Gasteiger partial charge in [-0.3, -0.25) is 0 Å². The molecule has 90 valence electrons. The molecule has 0 bridgehead atoms. The van der Waals surface area contributed by atoms with Gasteiger partial charge in [-0.15, -0.1) is 0 Å². The van der Waals surface area contributed by atoms with Gasteiger partial charge < -0.3 is 14.8 Å². The maximum Gasteiger partial charge on any atom is 0.169 e. The molecule has 1 aromatic rings. The van der Waals surface area contributed by atoms with Crippen molar-refractivity contribution in [1.82, 2.24) is 5.32 Å². The van der Waals surface area contributed by atoms with Crippen molar-refractivity contribution in [3.05, 3.63) is 35.4 Å². The Labute approximate surface area is 93.4 Å².